The molecule has 0 N–H and O–H groups in total. The summed E-state index contributed by atoms with van der Waals surface area (Å²) < 4.78 is 16.4. The van der Waals surface area contributed by atoms with Crippen molar-refractivity contribution in [2.75, 3.05) is 0 Å². The number of carbonyl (C=O) groups is 3. The molecule has 0 heterocycles. The van der Waals surface area contributed by atoms with Gasteiger partial charge in [-0.25, -0.2) is 0 Å². The highest BCUT2D eigenvalue weighted by Gasteiger charge is 2.30. The Bertz CT molecular complexity index is 494. The maximum atomic E-state index is 12.7. The summed E-state index contributed by atoms with van der Waals surface area (Å²) in [7, 11) is 0. The van der Waals surface area contributed by atoms with Crippen molar-refractivity contribution in [1.29, 1.82) is 0 Å². The first-order valence-corrected chi connectivity index (χ1v) is 11.4. The lowest BCUT2D eigenvalue weighted by atomic mass is 10.0. The molecule has 0 radical (unpaired) electrons. The summed E-state index contributed by atoms with van der Waals surface area (Å²) in [5.74, 6) is -1.29. The number of hydrogen-bond acceptors (Lipinski definition) is 6. The summed E-state index contributed by atoms with van der Waals surface area (Å²) in [5, 5.41) is 0. The van der Waals surface area contributed by atoms with Crippen molar-refractivity contribution in [3.63, 3.8) is 0 Å². The Morgan fingerprint density at radius 1 is 0.533 bits per heavy atom. The van der Waals surface area contributed by atoms with Crippen LogP contribution in [0.4, 0.5) is 0 Å². The van der Waals surface area contributed by atoms with Gasteiger partial charge in [-0.3, -0.25) is 14.4 Å². The van der Waals surface area contributed by atoms with E-state index in [1.807, 2.05) is 34.6 Å². The van der Waals surface area contributed by atoms with Crippen LogP contribution in [0, 0.1) is 23.7 Å². The molecule has 4 atom stereocenters. The van der Waals surface area contributed by atoms with Gasteiger partial charge in [0.15, 0.2) is 0 Å². The Labute approximate surface area is 183 Å². The van der Waals surface area contributed by atoms with Gasteiger partial charge in [0, 0.05) is 0 Å². The normalized spacial score (nSPS) is 15.6. The topological polar surface area (TPSA) is 78.9 Å². The second-order valence-electron chi connectivity index (χ2n) is 9.84. The molecule has 0 aliphatic heterocycles. The molecule has 0 aliphatic rings. The molecule has 30 heavy (non-hydrogen) atoms. The van der Waals surface area contributed by atoms with Crippen LogP contribution < -0.4 is 0 Å². The summed E-state index contributed by atoms with van der Waals surface area (Å²) in [6, 6.07) is 0. The first-order chi connectivity index (χ1) is 13.8. The summed E-state index contributed by atoms with van der Waals surface area (Å²) in [6.07, 6.45) is 1.03. The van der Waals surface area contributed by atoms with Crippen molar-refractivity contribution in [1.82, 2.24) is 0 Å². The zero-order chi connectivity index (χ0) is 23.4. The van der Waals surface area contributed by atoms with E-state index in [2.05, 4.69) is 27.7 Å². The van der Waals surface area contributed by atoms with Gasteiger partial charge in [0.05, 0.1) is 37.1 Å². The van der Waals surface area contributed by atoms with Crippen molar-refractivity contribution < 1.29 is 28.6 Å². The fourth-order valence-electron chi connectivity index (χ4n) is 3.62. The van der Waals surface area contributed by atoms with Crippen LogP contribution in [0.2, 0.25) is 0 Å². The van der Waals surface area contributed by atoms with Gasteiger partial charge in [0.25, 0.3) is 0 Å². The lowest BCUT2D eigenvalue weighted by molar-refractivity contribution is -0.165. The van der Waals surface area contributed by atoms with E-state index in [4.69, 9.17) is 14.2 Å². The molecule has 0 amide bonds. The van der Waals surface area contributed by atoms with Crippen LogP contribution in [-0.4, -0.2) is 36.2 Å². The number of hydrogen-bond donors (Lipinski definition) is 0. The van der Waals surface area contributed by atoms with E-state index in [1.165, 1.54) is 0 Å². The van der Waals surface area contributed by atoms with Crippen LogP contribution in [0.3, 0.4) is 0 Å². The molecule has 176 valence electrons. The fraction of sp³-hybridized carbons (Fsp3) is 0.875. The molecule has 6 heteroatoms. The summed E-state index contributed by atoms with van der Waals surface area (Å²) in [4.78, 5) is 37.5. The van der Waals surface area contributed by atoms with Gasteiger partial charge in [-0.15, -0.1) is 0 Å². The quantitative estimate of drug-likeness (QED) is 0.275. The lowest BCUT2D eigenvalue weighted by Gasteiger charge is -2.22. The lowest BCUT2D eigenvalue weighted by Crippen LogP contribution is -2.30. The molecular formula is C24H44O6. The van der Waals surface area contributed by atoms with Crippen molar-refractivity contribution in [2.24, 2.45) is 23.7 Å². The van der Waals surface area contributed by atoms with E-state index in [0.29, 0.717) is 24.2 Å². The van der Waals surface area contributed by atoms with Crippen LogP contribution in [0.25, 0.3) is 0 Å². The molecule has 0 bridgehead atoms. The number of carbonyl (C=O) groups excluding carboxylic acids is 3. The predicted octanol–water partition coefficient (Wildman–Crippen LogP) is 5.32. The summed E-state index contributed by atoms with van der Waals surface area (Å²) >= 11 is 0. The first-order valence-electron chi connectivity index (χ1n) is 11.4. The van der Waals surface area contributed by atoms with E-state index in [1.54, 1.807) is 0 Å². The minimum absolute atomic E-state index is 0.191. The fourth-order valence-corrected chi connectivity index (χ4v) is 3.62. The van der Waals surface area contributed by atoms with E-state index < -0.39 is 23.8 Å². The molecule has 1 unspecified atom stereocenters. The third kappa shape index (κ3) is 14.4. The molecule has 0 saturated carbocycles. The Hall–Kier alpha value is -1.59. The van der Waals surface area contributed by atoms with Gasteiger partial charge in [-0.05, 0) is 57.8 Å². The van der Waals surface area contributed by atoms with Crippen LogP contribution >= 0.6 is 0 Å². The van der Waals surface area contributed by atoms with Gasteiger partial charge >= 0.3 is 17.9 Å². The summed E-state index contributed by atoms with van der Waals surface area (Å²) in [6.45, 7) is 17.8. The average molecular weight is 429 g/mol. The average Bonchev–Trinajstić information content (AvgIpc) is 2.50. The standard InChI is InChI=1S/C24H44O6/c1-15(2)10-18(7)28-22(25)13-21(24(27)30-20(9)12-17(5)6)14-23(26)29-19(8)11-16(3)4/h15-21H,10-14H2,1-9H3/t18-,19+,20-,21?/m0/s1. The largest absolute Gasteiger partial charge is 0.463 e. The van der Waals surface area contributed by atoms with Gasteiger partial charge < -0.3 is 14.2 Å². The van der Waals surface area contributed by atoms with Gasteiger partial charge in [0.2, 0.25) is 0 Å². The molecular weight excluding hydrogens is 384 g/mol. The predicted molar refractivity (Wildman–Crippen MR) is 118 cm³/mol. The molecule has 0 aliphatic carbocycles. The minimum Gasteiger partial charge on any atom is -0.463 e. The van der Waals surface area contributed by atoms with Crippen LogP contribution in [0.1, 0.15) is 94.4 Å². The number of rotatable bonds is 14. The van der Waals surface area contributed by atoms with Crippen LogP contribution in [-0.2, 0) is 28.6 Å². The van der Waals surface area contributed by atoms with E-state index in [-0.39, 0.29) is 31.2 Å². The third-order valence-corrected chi connectivity index (χ3v) is 4.55. The zero-order valence-corrected chi connectivity index (χ0v) is 20.5. The highest BCUT2D eigenvalue weighted by atomic mass is 16.6. The molecule has 0 fully saturated rings. The molecule has 0 saturated heterocycles. The molecule has 0 spiro atoms. The SMILES string of the molecule is CC(C)C[C@@H](C)OC(=O)CC(CC(=O)O[C@@H](C)CC(C)C)C(=O)O[C@@H](C)CC(C)C. The molecule has 0 rings (SSSR count). The molecule has 0 aromatic rings. The second kappa shape index (κ2) is 14.4. The number of ether oxygens (including phenoxy) is 3. The highest BCUT2D eigenvalue weighted by molar-refractivity contribution is 5.84. The number of esters is 3. The van der Waals surface area contributed by atoms with Crippen molar-refractivity contribution in [3.8, 4) is 0 Å². The molecule has 0 aromatic heterocycles. The van der Waals surface area contributed by atoms with E-state index >= 15 is 0 Å². The third-order valence-electron chi connectivity index (χ3n) is 4.55. The Kier molecular flexibility index (Phi) is 13.7. The Morgan fingerprint density at radius 3 is 1.13 bits per heavy atom. The highest BCUT2D eigenvalue weighted by Crippen LogP contribution is 2.19. The van der Waals surface area contributed by atoms with Crippen molar-refractivity contribution in [2.45, 2.75) is 113 Å². The van der Waals surface area contributed by atoms with Crippen LogP contribution in [0.15, 0.2) is 0 Å². The van der Waals surface area contributed by atoms with Crippen molar-refractivity contribution in [3.05, 3.63) is 0 Å². The first kappa shape index (κ1) is 28.4. The zero-order valence-electron chi connectivity index (χ0n) is 20.5. The maximum absolute atomic E-state index is 12.7. The second-order valence-corrected chi connectivity index (χ2v) is 9.84. The smallest absolute Gasteiger partial charge is 0.310 e. The monoisotopic (exact) mass is 428 g/mol. The summed E-state index contributed by atoms with van der Waals surface area (Å²) in [5.41, 5.74) is 0. The minimum atomic E-state index is -0.905. The van der Waals surface area contributed by atoms with Crippen LogP contribution in [0.5, 0.6) is 0 Å². The van der Waals surface area contributed by atoms with Gasteiger partial charge in [-0.2, -0.15) is 0 Å². The van der Waals surface area contributed by atoms with Gasteiger partial charge in [-0.1, -0.05) is 41.5 Å². The van der Waals surface area contributed by atoms with Gasteiger partial charge in [0.1, 0.15) is 0 Å². The Morgan fingerprint density at radius 2 is 0.833 bits per heavy atom. The van der Waals surface area contributed by atoms with E-state index in [9.17, 15) is 14.4 Å². The molecule has 0 aromatic carbocycles. The Balaban J connectivity index is 5.04. The molecule has 6 nitrogen and oxygen atoms in total. The maximum Gasteiger partial charge on any atom is 0.310 e. The van der Waals surface area contributed by atoms with E-state index in [0.717, 1.165) is 12.8 Å². The van der Waals surface area contributed by atoms with Crippen molar-refractivity contribution >= 4 is 17.9 Å².